The Morgan fingerprint density at radius 2 is 2.05 bits per heavy atom. The Kier molecular flexibility index (Phi) is 4.34. The number of thiophene rings is 1. The predicted molar refractivity (Wildman–Crippen MR) is 90.0 cm³/mol. The number of anilines is 2. The maximum absolute atomic E-state index is 11.8. The summed E-state index contributed by atoms with van der Waals surface area (Å²) in [5.74, 6) is -0.00770. The van der Waals surface area contributed by atoms with Crippen molar-refractivity contribution in [1.29, 1.82) is 0 Å². The Bertz CT molecular complexity index is 690. The van der Waals surface area contributed by atoms with Gasteiger partial charge in [-0.2, -0.15) is 11.3 Å². The number of carbonyl (C=O) groups is 2. The molecule has 1 aromatic heterocycles. The fourth-order valence-electron chi connectivity index (χ4n) is 2.37. The molecule has 2 heterocycles. The first kappa shape index (κ1) is 14.5. The van der Waals surface area contributed by atoms with Gasteiger partial charge in [0.2, 0.25) is 11.8 Å². The highest BCUT2D eigenvalue weighted by atomic mass is 32.1. The smallest absolute Gasteiger partial charge is 0.248 e. The first-order valence-electron chi connectivity index (χ1n) is 7.14. The van der Waals surface area contributed by atoms with E-state index >= 15 is 0 Å². The molecule has 1 aromatic carbocycles. The molecule has 22 heavy (non-hydrogen) atoms. The van der Waals surface area contributed by atoms with Crippen molar-refractivity contribution in [2.75, 3.05) is 16.8 Å². The SMILES string of the molecule is O=C(/C=C/c1ccsc1)Nc1ccc(N2CCCC2=O)cc1. The molecule has 1 saturated heterocycles. The Morgan fingerprint density at radius 3 is 2.68 bits per heavy atom. The summed E-state index contributed by atoms with van der Waals surface area (Å²) in [6.07, 6.45) is 4.82. The molecular weight excluding hydrogens is 296 g/mol. The summed E-state index contributed by atoms with van der Waals surface area (Å²) < 4.78 is 0. The number of carbonyl (C=O) groups excluding carboxylic acids is 2. The van der Waals surface area contributed by atoms with Crippen LogP contribution in [0, 0.1) is 0 Å². The van der Waals surface area contributed by atoms with Crippen molar-refractivity contribution < 1.29 is 9.59 Å². The van der Waals surface area contributed by atoms with Gasteiger partial charge in [-0.25, -0.2) is 0 Å². The van der Waals surface area contributed by atoms with Crippen molar-refractivity contribution in [3.8, 4) is 0 Å². The Labute approximate surface area is 133 Å². The third kappa shape index (κ3) is 3.43. The molecule has 0 spiro atoms. The second-order valence-electron chi connectivity index (χ2n) is 5.08. The van der Waals surface area contributed by atoms with Crippen LogP contribution in [0.5, 0.6) is 0 Å². The molecule has 4 nitrogen and oxygen atoms in total. The molecule has 3 rings (SSSR count). The van der Waals surface area contributed by atoms with E-state index in [1.54, 1.807) is 22.3 Å². The Balaban J connectivity index is 1.61. The average Bonchev–Trinajstić information content (AvgIpc) is 3.17. The van der Waals surface area contributed by atoms with Gasteiger partial charge in [0.05, 0.1) is 0 Å². The van der Waals surface area contributed by atoms with Gasteiger partial charge in [-0.15, -0.1) is 0 Å². The number of hydrogen-bond donors (Lipinski definition) is 1. The van der Waals surface area contributed by atoms with Crippen molar-refractivity contribution in [1.82, 2.24) is 0 Å². The van der Waals surface area contributed by atoms with Gasteiger partial charge in [-0.3, -0.25) is 9.59 Å². The molecule has 1 N–H and O–H groups in total. The van der Waals surface area contributed by atoms with Crippen molar-refractivity contribution in [3.63, 3.8) is 0 Å². The minimum atomic E-state index is -0.170. The van der Waals surface area contributed by atoms with Gasteiger partial charge in [-0.05, 0) is 59.2 Å². The lowest BCUT2D eigenvalue weighted by molar-refractivity contribution is -0.117. The van der Waals surface area contributed by atoms with Crippen molar-refractivity contribution >= 4 is 40.6 Å². The molecule has 1 aliphatic rings. The zero-order valence-corrected chi connectivity index (χ0v) is 12.8. The molecule has 0 radical (unpaired) electrons. The van der Waals surface area contributed by atoms with E-state index in [2.05, 4.69) is 5.32 Å². The fourth-order valence-corrected chi connectivity index (χ4v) is 3.00. The van der Waals surface area contributed by atoms with Crippen LogP contribution in [0.3, 0.4) is 0 Å². The summed E-state index contributed by atoms with van der Waals surface area (Å²) in [6.45, 7) is 0.772. The highest BCUT2D eigenvalue weighted by Crippen LogP contribution is 2.23. The van der Waals surface area contributed by atoms with Crippen molar-refractivity contribution in [2.24, 2.45) is 0 Å². The first-order chi connectivity index (χ1) is 10.7. The second-order valence-corrected chi connectivity index (χ2v) is 5.86. The van der Waals surface area contributed by atoms with Gasteiger partial charge in [0.25, 0.3) is 0 Å². The van der Waals surface area contributed by atoms with Crippen LogP contribution in [0.1, 0.15) is 18.4 Å². The van der Waals surface area contributed by atoms with Crippen LogP contribution in [0.2, 0.25) is 0 Å². The van der Waals surface area contributed by atoms with Crippen molar-refractivity contribution in [2.45, 2.75) is 12.8 Å². The lowest BCUT2D eigenvalue weighted by atomic mass is 10.2. The van der Waals surface area contributed by atoms with E-state index in [1.807, 2.05) is 41.1 Å². The van der Waals surface area contributed by atoms with Crippen molar-refractivity contribution in [3.05, 3.63) is 52.7 Å². The zero-order valence-electron chi connectivity index (χ0n) is 12.0. The van der Waals surface area contributed by atoms with Crippen LogP contribution in [0.25, 0.3) is 6.08 Å². The molecule has 0 aliphatic carbocycles. The number of benzene rings is 1. The van der Waals surface area contributed by atoms with Gasteiger partial charge >= 0.3 is 0 Å². The molecule has 2 aromatic rings. The Hall–Kier alpha value is -2.40. The van der Waals surface area contributed by atoms with Crippen LogP contribution >= 0.6 is 11.3 Å². The van der Waals surface area contributed by atoms with Gasteiger partial charge in [-0.1, -0.05) is 0 Å². The summed E-state index contributed by atoms with van der Waals surface area (Å²) in [6, 6.07) is 9.31. The number of nitrogens with zero attached hydrogens (tertiary/aromatic N) is 1. The molecule has 0 bridgehead atoms. The van der Waals surface area contributed by atoms with Crippen LogP contribution in [0.15, 0.2) is 47.2 Å². The maximum atomic E-state index is 11.8. The largest absolute Gasteiger partial charge is 0.323 e. The van der Waals surface area contributed by atoms with Crippen LogP contribution in [-0.2, 0) is 9.59 Å². The molecule has 112 valence electrons. The Morgan fingerprint density at radius 1 is 1.23 bits per heavy atom. The van der Waals surface area contributed by atoms with E-state index in [9.17, 15) is 9.59 Å². The van der Waals surface area contributed by atoms with E-state index < -0.39 is 0 Å². The van der Waals surface area contributed by atoms with E-state index in [-0.39, 0.29) is 11.8 Å². The monoisotopic (exact) mass is 312 g/mol. The lowest BCUT2D eigenvalue weighted by Crippen LogP contribution is -2.23. The van der Waals surface area contributed by atoms with Crippen LogP contribution < -0.4 is 10.2 Å². The quantitative estimate of drug-likeness (QED) is 0.878. The normalized spacial score (nSPS) is 14.7. The average molecular weight is 312 g/mol. The second kappa shape index (κ2) is 6.58. The van der Waals surface area contributed by atoms with Gasteiger partial charge in [0.1, 0.15) is 0 Å². The molecule has 2 amide bonds. The topological polar surface area (TPSA) is 49.4 Å². The minimum Gasteiger partial charge on any atom is -0.323 e. The van der Waals surface area contributed by atoms with Crippen LogP contribution in [0.4, 0.5) is 11.4 Å². The van der Waals surface area contributed by atoms with Gasteiger partial charge in [0.15, 0.2) is 0 Å². The lowest BCUT2D eigenvalue weighted by Gasteiger charge is -2.15. The first-order valence-corrected chi connectivity index (χ1v) is 8.08. The summed E-state index contributed by atoms with van der Waals surface area (Å²) in [5, 5.41) is 6.75. The highest BCUT2D eigenvalue weighted by molar-refractivity contribution is 7.08. The van der Waals surface area contributed by atoms with E-state index in [0.29, 0.717) is 6.42 Å². The summed E-state index contributed by atoms with van der Waals surface area (Å²) in [5.41, 5.74) is 2.62. The third-order valence-corrected chi connectivity index (χ3v) is 4.19. The molecular formula is C17H16N2O2S. The molecule has 1 aliphatic heterocycles. The highest BCUT2D eigenvalue weighted by Gasteiger charge is 2.21. The maximum Gasteiger partial charge on any atom is 0.248 e. The zero-order chi connectivity index (χ0) is 15.4. The predicted octanol–water partition coefficient (Wildman–Crippen LogP) is 3.53. The van der Waals surface area contributed by atoms with Gasteiger partial charge in [0, 0.05) is 30.4 Å². The number of hydrogen-bond acceptors (Lipinski definition) is 3. The summed E-state index contributed by atoms with van der Waals surface area (Å²) in [4.78, 5) is 25.3. The molecule has 5 heteroatoms. The molecule has 0 saturated carbocycles. The van der Waals surface area contributed by atoms with E-state index in [4.69, 9.17) is 0 Å². The molecule has 0 atom stereocenters. The molecule has 0 unspecified atom stereocenters. The number of amides is 2. The third-order valence-electron chi connectivity index (χ3n) is 3.49. The van der Waals surface area contributed by atoms with Crippen LogP contribution in [-0.4, -0.2) is 18.4 Å². The van der Waals surface area contributed by atoms with Gasteiger partial charge < -0.3 is 10.2 Å². The standard InChI is InChI=1S/C17H16N2O2S/c20-16(8-3-13-9-11-22-12-13)18-14-4-6-15(7-5-14)19-10-1-2-17(19)21/h3-9,11-12H,1-2,10H2,(H,18,20)/b8-3+. The van der Waals surface area contributed by atoms with E-state index in [0.717, 1.165) is 29.9 Å². The summed E-state index contributed by atoms with van der Waals surface area (Å²) >= 11 is 1.59. The summed E-state index contributed by atoms with van der Waals surface area (Å²) in [7, 11) is 0. The fraction of sp³-hybridized carbons (Fsp3) is 0.176. The number of rotatable bonds is 4. The number of nitrogens with one attached hydrogen (secondary N) is 1. The minimum absolute atomic E-state index is 0.162. The molecule has 1 fully saturated rings. The van der Waals surface area contributed by atoms with E-state index in [1.165, 1.54) is 6.08 Å².